The molecule has 0 aliphatic carbocycles. The lowest BCUT2D eigenvalue weighted by Crippen LogP contribution is -2.50. The Morgan fingerprint density at radius 3 is 2.95 bits per heavy atom. The number of carbonyl (C=O) groups excluding carboxylic acids is 2. The lowest BCUT2D eigenvalue weighted by molar-refractivity contribution is -0.164. The average molecular weight is 286 g/mol. The van der Waals surface area contributed by atoms with Gasteiger partial charge in [-0.15, -0.1) is 0 Å². The molecular weight excluding hydrogens is 268 g/mol. The number of cyclic esters (lactones) is 1. The van der Waals surface area contributed by atoms with Crippen molar-refractivity contribution in [3.05, 3.63) is 0 Å². The molecule has 2 rings (SSSR count). The Hall–Kier alpha value is -1.83. The summed E-state index contributed by atoms with van der Waals surface area (Å²) in [6.45, 7) is 2.46. The second-order valence-corrected chi connectivity index (χ2v) is 4.77. The SMILES string of the molecule is CCO[C@@H]1OC(=O)C[C@@H]1NC(=O)[C@H]1CCCN1C(=O)O. The summed E-state index contributed by atoms with van der Waals surface area (Å²) in [4.78, 5) is 35.5. The van der Waals surface area contributed by atoms with Crippen LogP contribution in [0.2, 0.25) is 0 Å². The number of carbonyl (C=O) groups is 3. The molecule has 2 heterocycles. The summed E-state index contributed by atoms with van der Waals surface area (Å²) in [6.07, 6.45) is -0.729. The Labute approximate surface area is 116 Å². The number of likely N-dealkylation sites (tertiary alicyclic amines) is 1. The molecule has 8 heteroatoms. The van der Waals surface area contributed by atoms with Crippen LogP contribution in [0.25, 0.3) is 0 Å². The third-order valence-corrected chi connectivity index (χ3v) is 3.42. The van der Waals surface area contributed by atoms with Gasteiger partial charge in [-0.2, -0.15) is 0 Å². The highest BCUT2D eigenvalue weighted by Crippen LogP contribution is 2.20. The van der Waals surface area contributed by atoms with Gasteiger partial charge in [0.15, 0.2) is 0 Å². The van der Waals surface area contributed by atoms with E-state index in [0.717, 1.165) is 4.90 Å². The van der Waals surface area contributed by atoms with E-state index in [1.807, 2.05) is 0 Å². The Bertz CT molecular complexity index is 413. The Morgan fingerprint density at radius 2 is 2.30 bits per heavy atom. The summed E-state index contributed by atoms with van der Waals surface area (Å²) in [7, 11) is 0. The molecule has 20 heavy (non-hydrogen) atoms. The van der Waals surface area contributed by atoms with Crippen LogP contribution in [-0.2, 0) is 19.1 Å². The summed E-state index contributed by atoms with van der Waals surface area (Å²) in [5.41, 5.74) is 0. The molecule has 0 saturated carbocycles. The molecule has 0 bridgehead atoms. The fourth-order valence-electron chi connectivity index (χ4n) is 2.52. The summed E-state index contributed by atoms with van der Waals surface area (Å²) >= 11 is 0. The molecular formula is C12H18N2O6. The Balaban J connectivity index is 1.96. The molecule has 2 amide bonds. The third-order valence-electron chi connectivity index (χ3n) is 3.42. The predicted octanol–water partition coefficient (Wildman–Crippen LogP) is -0.0769. The van der Waals surface area contributed by atoms with Crippen molar-refractivity contribution in [3.63, 3.8) is 0 Å². The number of ether oxygens (including phenoxy) is 2. The van der Waals surface area contributed by atoms with Crippen molar-refractivity contribution < 1.29 is 29.0 Å². The van der Waals surface area contributed by atoms with Gasteiger partial charge in [0.1, 0.15) is 12.1 Å². The van der Waals surface area contributed by atoms with Crippen LogP contribution in [0, 0.1) is 0 Å². The van der Waals surface area contributed by atoms with Gasteiger partial charge in [0, 0.05) is 13.2 Å². The van der Waals surface area contributed by atoms with E-state index in [1.165, 1.54) is 0 Å². The van der Waals surface area contributed by atoms with Crippen LogP contribution >= 0.6 is 0 Å². The molecule has 0 aromatic heterocycles. The zero-order valence-corrected chi connectivity index (χ0v) is 11.2. The van der Waals surface area contributed by atoms with E-state index < -0.39 is 36.3 Å². The van der Waals surface area contributed by atoms with Crippen molar-refractivity contribution in [1.29, 1.82) is 0 Å². The van der Waals surface area contributed by atoms with Gasteiger partial charge in [-0.1, -0.05) is 0 Å². The maximum Gasteiger partial charge on any atom is 0.407 e. The van der Waals surface area contributed by atoms with Gasteiger partial charge >= 0.3 is 12.1 Å². The first-order valence-corrected chi connectivity index (χ1v) is 6.64. The molecule has 3 atom stereocenters. The fraction of sp³-hybridized carbons (Fsp3) is 0.750. The minimum Gasteiger partial charge on any atom is -0.465 e. The summed E-state index contributed by atoms with van der Waals surface area (Å²) < 4.78 is 10.2. The standard InChI is InChI=1S/C12H18N2O6/c1-2-19-11-7(6-9(15)20-11)13-10(16)8-4-3-5-14(8)12(17)18/h7-8,11H,2-6H2,1H3,(H,13,16)(H,17,18)/t7-,8+,11+/m0/s1. The summed E-state index contributed by atoms with van der Waals surface area (Å²) in [6, 6.07) is -1.27. The predicted molar refractivity (Wildman–Crippen MR) is 65.8 cm³/mol. The molecule has 2 fully saturated rings. The first kappa shape index (κ1) is 14.6. The van der Waals surface area contributed by atoms with Gasteiger partial charge in [-0.25, -0.2) is 4.79 Å². The van der Waals surface area contributed by atoms with Crippen molar-refractivity contribution in [2.75, 3.05) is 13.2 Å². The maximum absolute atomic E-state index is 12.1. The number of rotatable bonds is 4. The van der Waals surface area contributed by atoms with Crippen molar-refractivity contribution in [2.24, 2.45) is 0 Å². The molecule has 2 N–H and O–H groups in total. The van der Waals surface area contributed by atoms with Gasteiger partial charge in [0.25, 0.3) is 0 Å². The minimum absolute atomic E-state index is 0.0379. The van der Waals surface area contributed by atoms with E-state index >= 15 is 0 Å². The van der Waals surface area contributed by atoms with E-state index in [2.05, 4.69) is 5.32 Å². The van der Waals surface area contributed by atoms with Crippen LogP contribution in [0.4, 0.5) is 4.79 Å². The molecule has 0 aromatic carbocycles. The van der Waals surface area contributed by atoms with Crippen LogP contribution in [0.15, 0.2) is 0 Å². The zero-order chi connectivity index (χ0) is 14.7. The lowest BCUT2D eigenvalue weighted by atomic mass is 10.1. The molecule has 0 radical (unpaired) electrons. The summed E-state index contributed by atoms with van der Waals surface area (Å²) in [5, 5.41) is 11.7. The third kappa shape index (κ3) is 3.01. The first-order valence-electron chi connectivity index (χ1n) is 6.64. The fourth-order valence-corrected chi connectivity index (χ4v) is 2.52. The second kappa shape index (κ2) is 6.08. The molecule has 112 valence electrons. The number of hydrogen-bond donors (Lipinski definition) is 2. The quantitative estimate of drug-likeness (QED) is 0.700. The average Bonchev–Trinajstić information content (AvgIpc) is 2.97. The van der Waals surface area contributed by atoms with Crippen LogP contribution in [0.1, 0.15) is 26.2 Å². The Morgan fingerprint density at radius 1 is 1.55 bits per heavy atom. The van der Waals surface area contributed by atoms with Gasteiger partial charge in [0.05, 0.1) is 6.42 Å². The topological polar surface area (TPSA) is 105 Å². The highest BCUT2D eigenvalue weighted by molar-refractivity contribution is 5.86. The first-order chi connectivity index (χ1) is 9.52. The monoisotopic (exact) mass is 286 g/mol. The second-order valence-electron chi connectivity index (χ2n) is 4.77. The number of nitrogens with one attached hydrogen (secondary N) is 1. The number of esters is 1. The molecule has 8 nitrogen and oxygen atoms in total. The number of amides is 2. The molecule has 0 spiro atoms. The molecule has 2 aliphatic heterocycles. The van der Waals surface area contributed by atoms with E-state index in [0.29, 0.717) is 26.0 Å². The van der Waals surface area contributed by atoms with Crippen molar-refractivity contribution in [2.45, 2.75) is 44.6 Å². The zero-order valence-electron chi connectivity index (χ0n) is 11.2. The largest absolute Gasteiger partial charge is 0.465 e. The lowest BCUT2D eigenvalue weighted by Gasteiger charge is -2.24. The van der Waals surface area contributed by atoms with E-state index in [9.17, 15) is 14.4 Å². The van der Waals surface area contributed by atoms with Gasteiger partial charge < -0.3 is 19.9 Å². The number of nitrogens with zero attached hydrogens (tertiary/aromatic N) is 1. The highest BCUT2D eigenvalue weighted by Gasteiger charge is 2.40. The van der Waals surface area contributed by atoms with Gasteiger partial charge in [-0.3, -0.25) is 14.5 Å². The normalized spacial score (nSPS) is 29.4. The van der Waals surface area contributed by atoms with Crippen LogP contribution in [0.3, 0.4) is 0 Å². The molecule has 2 aliphatic rings. The summed E-state index contributed by atoms with van der Waals surface area (Å²) in [5.74, 6) is -0.840. The van der Waals surface area contributed by atoms with E-state index in [1.54, 1.807) is 6.92 Å². The number of hydrogen-bond acceptors (Lipinski definition) is 5. The number of carboxylic acid groups (broad SMARTS) is 1. The smallest absolute Gasteiger partial charge is 0.407 e. The van der Waals surface area contributed by atoms with Crippen molar-refractivity contribution in [3.8, 4) is 0 Å². The van der Waals surface area contributed by atoms with Crippen molar-refractivity contribution >= 4 is 18.0 Å². The van der Waals surface area contributed by atoms with Crippen molar-refractivity contribution in [1.82, 2.24) is 10.2 Å². The molecule has 2 saturated heterocycles. The minimum atomic E-state index is -1.11. The molecule has 0 unspecified atom stereocenters. The van der Waals surface area contributed by atoms with Gasteiger partial charge in [-0.05, 0) is 19.8 Å². The Kier molecular flexibility index (Phi) is 4.43. The van der Waals surface area contributed by atoms with Crippen LogP contribution < -0.4 is 5.32 Å². The molecule has 0 aromatic rings. The van der Waals surface area contributed by atoms with E-state index in [4.69, 9.17) is 14.6 Å². The van der Waals surface area contributed by atoms with Crippen LogP contribution in [0.5, 0.6) is 0 Å². The maximum atomic E-state index is 12.1. The van der Waals surface area contributed by atoms with E-state index in [-0.39, 0.29) is 6.42 Å². The van der Waals surface area contributed by atoms with Gasteiger partial charge in [0.2, 0.25) is 12.2 Å². The van der Waals surface area contributed by atoms with Crippen LogP contribution in [-0.4, -0.2) is 59.5 Å². The highest BCUT2D eigenvalue weighted by atomic mass is 16.7.